The molecule has 0 aliphatic carbocycles. The standard InChI is InChI=1S/C14H19NO3.CH4O/c16-10-13-7-4-8-15(9-13)14(17)18-11-12-5-2-1-3-6-12;1-2/h1-3,5-6,13,16H,4,7-11H2;2H,1H3. The van der Waals surface area contributed by atoms with E-state index in [2.05, 4.69) is 0 Å². The van der Waals surface area contributed by atoms with Crippen molar-refractivity contribution in [1.82, 2.24) is 4.90 Å². The summed E-state index contributed by atoms with van der Waals surface area (Å²) in [6.07, 6.45) is 1.64. The van der Waals surface area contributed by atoms with Crippen molar-refractivity contribution in [2.75, 3.05) is 26.8 Å². The summed E-state index contributed by atoms with van der Waals surface area (Å²) in [6.45, 7) is 1.77. The van der Waals surface area contributed by atoms with E-state index in [1.165, 1.54) is 0 Å². The Morgan fingerprint density at radius 1 is 1.35 bits per heavy atom. The highest BCUT2D eigenvalue weighted by Crippen LogP contribution is 2.16. The normalized spacial score (nSPS) is 17.9. The molecule has 2 N–H and O–H groups in total. The van der Waals surface area contributed by atoms with Crippen LogP contribution in [0.3, 0.4) is 0 Å². The van der Waals surface area contributed by atoms with Crippen molar-refractivity contribution in [3.63, 3.8) is 0 Å². The molecule has 1 aromatic rings. The molecule has 1 aliphatic rings. The number of benzene rings is 1. The first-order chi connectivity index (χ1) is 9.79. The van der Waals surface area contributed by atoms with Gasteiger partial charge in [0.15, 0.2) is 0 Å². The van der Waals surface area contributed by atoms with Crippen LogP contribution in [-0.4, -0.2) is 48.0 Å². The molecule has 5 heteroatoms. The average Bonchev–Trinajstić information content (AvgIpc) is 2.55. The minimum atomic E-state index is -0.281. The number of likely N-dealkylation sites (tertiary alicyclic amines) is 1. The van der Waals surface area contributed by atoms with Crippen LogP contribution in [0.15, 0.2) is 30.3 Å². The van der Waals surface area contributed by atoms with Crippen LogP contribution in [0.25, 0.3) is 0 Å². The quantitative estimate of drug-likeness (QED) is 0.883. The molecule has 1 heterocycles. The number of ether oxygens (including phenoxy) is 1. The van der Waals surface area contributed by atoms with Crippen molar-refractivity contribution in [1.29, 1.82) is 0 Å². The molecular weight excluding hydrogens is 258 g/mol. The second-order valence-electron chi connectivity index (χ2n) is 4.68. The summed E-state index contributed by atoms with van der Waals surface area (Å²) in [5.41, 5.74) is 0.988. The fraction of sp³-hybridized carbons (Fsp3) is 0.533. The highest BCUT2D eigenvalue weighted by atomic mass is 16.6. The lowest BCUT2D eigenvalue weighted by molar-refractivity contribution is 0.0686. The third-order valence-corrected chi connectivity index (χ3v) is 3.24. The van der Waals surface area contributed by atoms with Crippen molar-refractivity contribution >= 4 is 6.09 Å². The lowest BCUT2D eigenvalue weighted by atomic mass is 10.00. The van der Waals surface area contributed by atoms with Crippen LogP contribution in [0.2, 0.25) is 0 Å². The SMILES string of the molecule is CO.O=C(OCc1ccccc1)N1CCCC(CO)C1. The fourth-order valence-corrected chi connectivity index (χ4v) is 2.19. The van der Waals surface area contributed by atoms with Gasteiger partial charge in [-0.2, -0.15) is 0 Å². The lowest BCUT2D eigenvalue weighted by Crippen LogP contribution is -2.41. The molecule has 0 spiro atoms. The summed E-state index contributed by atoms with van der Waals surface area (Å²) in [6, 6.07) is 9.64. The Balaban J connectivity index is 0.000000956. The van der Waals surface area contributed by atoms with E-state index in [0.717, 1.165) is 32.1 Å². The Kier molecular flexibility index (Phi) is 7.69. The number of rotatable bonds is 3. The average molecular weight is 281 g/mol. The zero-order valence-corrected chi connectivity index (χ0v) is 11.9. The zero-order valence-electron chi connectivity index (χ0n) is 11.9. The van der Waals surface area contributed by atoms with Gasteiger partial charge in [-0.15, -0.1) is 0 Å². The van der Waals surface area contributed by atoms with Crippen LogP contribution in [0, 0.1) is 5.92 Å². The molecule has 1 atom stereocenters. The number of hydrogen-bond donors (Lipinski definition) is 2. The highest BCUT2D eigenvalue weighted by molar-refractivity contribution is 5.67. The molecule has 0 saturated carbocycles. The van der Waals surface area contributed by atoms with Gasteiger partial charge >= 0.3 is 6.09 Å². The first-order valence-corrected chi connectivity index (χ1v) is 6.81. The highest BCUT2D eigenvalue weighted by Gasteiger charge is 2.23. The summed E-state index contributed by atoms with van der Waals surface area (Å²) in [5.74, 6) is 0.197. The van der Waals surface area contributed by atoms with E-state index in [1.807, 2.05) is 30.3 Å². The minimum Gasteiger partial charge on any atom is -0.445 e. The maximum atomic E-state index is 11.9. The lowest BCUT2D eigenvalue weighted by Gasteiger charge is -2.31. The number of aliphatic hydroxyl groups excluding tert-OH is 2. The Morgan fingerprint density at radius 2 is 2.05 bits per heavy atom. The summed E-state index contributed by atoms with van der Waals surface area (Å²) in [7, 11) is 1.00. The molecule has 112 valence electrons. The van der Waals surface area contributed by atoms with Crippen molar-refractivity contribution in [2.45, 2.75) is 19.4 Å². The summed E-state index contributed by atoms with van der Waals surface area (Å²) >= 11 is 0. The molecule has 2 rings (SSSR count). The molecule has 0 radical (unpaired) electrons. The van der Waals surface area contributed by atoms with E-state index in [-0.39, 0.29) is 18.6 Å². The van der Waals surface area contributed by atoms with Crippen molar-refractivity contribution in [3.8, 4) is 0 Å². The number of carbonyl (C=O) groups excluding carboxylic acids is 1. The number of hydrogen-bond acceptors (Lipinski definition) is 4. The van der Waals surface area contributed by atoms with Crippen LogP contribution in [-0.2, 0) is 11.3 Å². The predicted octanol–water partition coefficient (Wildman–Crippen LogP) is 1.64. The van der Waals surface area contributed by atoms with Crippen molar-refractivity contribution in [3.05, 3.63) is 35.9 Å². The minimum absolute atomic E-state index is 0.141. The molecule has 1 aliphatic heterocycles. The molecule has 5 nitrogen and oxygen atoms in total. The summed E-state index contributed by atoms with van der Waals surface area (Å²) < 4.78 is 5.27. The van der Waals surface area contributed by atoms with Crippen LogP contribution < -0.4 is 0 Å². The molecule has 1 fully saturated rings. The molecule has 0 bridgehead atoms. The largest absolute Gasteiger partial charge is 0.445 e. The van der Waals surface area contributed by atoms with E-state index in [0.29, 0.717) is 13.2 Å². The Bertz CT molecular complexity index is 383. The van der Waals surface area contributed by atoms with Gasteiger partial charge in [0.2, 0.25) is 0 Å². The Morgan fingerprint density at radius 3 is 2.70 bits per heavy atom. The van der Waals surface area contributed by atoms with Gasteiger partial charge in [0.05, 0.1) is 0 Å². The number of nitrogens with zero attached hydrogens (tertiary/aromatic N) is 1. The number of piperidine rings is 1. The molecule has 1 unspecified atom stereocenters. The molecule has 1 aromatic carbocycles. The fourth-order valence-electron chi connectivity index (χ4n) is 2.19. The van der Waals surface area contributed by atoms with E-state index in [4.69, 9.17) is 14.9 Å². The van der Waals surface area contributed by atoms with Crippen LogP contribution in [0.1, 0.15) is 18.4 Å². The predicted molar refractivity (Wildman–Crippen MR) is 76.2 cm³/mol. The monoisotopic (exact) mass is 281 g/mol. The Labute approximate surface area is 119 Å². The van der Waals surface area contributed by atoms with Gasteiger partial charge in [-0.25, -0.2) is 4.79 Å². The van der Waals surface area contributed by atoms with E-state index >= 15 is 0 Å². The molecule has 1 saturated heterocycles. The maximum Gasteiger partial charge on any atom is 0.410 e. The maximum absolute atomic E-state index is 11.9. The van der Waals surface area contributed by atoms with E-state index in [1.54, 1.807) is 4.90 Å². The van der Waals surface area contributed by atoms with Gasteiger partial charge in [0.1, 0.15) is 6.61 Å². The third kappa shape index (κ3) is 5.19. The summed E-state index contributed by atoms with van der Waals surface area (Å²) in [4.78, 5) is 13.5. The number of amides is 1. The molecule has 20 heavy (non-hydrogen) atoms. The van der Waals surface area contributed by atoms with Gasteiger partial charge in [0.25, 0.3) is 0 Å². The van der Waals surface area contributed by atoms with Crippen molar-refractivity contribution in [2.24, 2.45) is 5.92 Å². The van der Waals surface area contributed by atoms with Crippen LogP contribution >= 0.6 is 0 Å². The molecular formula is C15H23NO4. The van der Waals surface area contributed by atoms with Gasteiger partial charge in [0, 0.05) is 26.8 Å². The zero-order chi connectivity index (χ0) is 14.8. The summed E-state index contributed by atoms with van der Waals surface area (Å²) in [5, 5.41) is 16.1. The van der Waals surface area contributed by atoms with E-state index < -0.39 is 0 Å². The second-order valence-corrected chi connectivity index (χ2v) is 4.68. The smallest absolute Gasteiger partial charge is 0.410 e. The molecule has 0 aromatic heterocycles. The number of aliphatic hydroxyl groups is 2. The Hall–Kier alpha value is -1.59. The first kappa shape index (κ1) is 16.5. The van der Waals surface area contributed by atoms with Gasteiger partial charge in [-0.1, -0.05) is 30.3 Å². The first-order valence-electron chi connectivity index (χ1n) is 6.81. The second kappa shape index (κ2) is 9.34. The van der Waals surface area contributed by atoms with E-state index in [9.17, 15) is 4.79 Å². The van der Waals surface area contributed by atoms with Crippen molar-refractivity contribution < 1.29 is 19.7 Å². The van der Waals surface area contributed by atoms with Gasteiger partial charge in [-0.05, 0) is 24.3 Å². The van der Waals surface area contributed by atoms with Crippen LogP contribution in [0.4, 0.5) is 4.79 Å². The topological polar surface area (TPSA) is 70.0 Å². The third-order valence-electron chi connectivity index (χ3n) is 3.24. The van der Waals surface area contributed by atoms with Gasteiger partial charge in [-0.3, -0.25) is 0 Å². The van der Waals surface area contributed by atoms with Crippen LogP contribution in [0.5, 0.6) is 0 Å². The molecule has 1 amide bonds. The number of carbonyl (C=O) groups is 1. The van der Waals surface area contributed by atoms with Gasteiger partial charge < -0.3 is 19.8 Å².